The molecule has 0 saturated carbocycles. The molecule has 0 amide bonds. The fraction of sp³-hybridized carbons (Fsp3) is 0.300. The lowest BCUT2D eigenvalue weighted by Crippen LogP contribution is -2.05. The summed E-state index contributed by atoms with van der Waals surface area (Å²) in [6.07, 6.45) is 0.217. The molecule has 0 fully saturated rings. The third-order valence-electron chi connectivity index (χ3n) is 1.79. The first-order valence-electron chi connectivity index (χ1n) is 4.38. The van der Waals surface area contributed by atoms with E-state index >= 15 is 0 Å². The van der Waals surface area contributed by atoms with Crippen LogP contribution >= 0.6 is 15.9 Å². The predicted molar refractivity (Wildman–Crippen MR) is 55.8 cm³/mol. The van der Waals surface area contributed by atoms with Crippen molar-refractivity contribution in [3.63, 3.8) is 0 Å². The zero-order chi connectivity index (χ0) is 12.1. The number of alkyl halides is 3. The highest BCUT2D eigenvalue weighted by Crippen LogP contribution is 2.21. The van der Waals surface area contributed by atoms with Crippen LogP contribution < -0.4 is 4.74 Å². The third kappa shape index (κ3) is 3.52. The van der Waals surface area contributed by atoms with Crippen LogP contribution in [0.4, 0.5) is 13.2 Å². The van der Waals surface area contributed by atoms with E-state index in [-0.39, 0.29) is 17.8 Å². The highest BCUT2D eigenvalue weighted by atomic mass is 79.9. The third-order valence-corrected chi connectivity index (χ3v) is 2.19. The van der Waals surface area contributed by atoms with Gasteiger partial charge in [0, 0.05) is 17.3 Å². The van der Waals surface area contributed by atoms with E-state index in [2.05, 4.69) is 20.7 Å². The number of Topliss-reactive ketones (excluding diaryl/α,β-unsaturated/α-hetero) is 1. The Kier molecular flexibility index (Phi) is 4.79. The van der Waals surface area contributed by atoms with Gasteiger partial charge in [-0.15, -0.1) is 0 Å². The lowest BCUT2D eigenvalue weighted by Gasteiger charge is -2.06. The smallest absolute Gasteiger partial charge is 0.387 e. The lowest BCUT2D eigenvalue weighted by molar-refractivity contribution is -0.0521. The zero-order valence-electron chi connectivity index (χ0n) is 8.05. The number of carbonyl (C=O) groups is 1. The van der Waals surface area contributed by atoms with Gasteiger partial charge in [0.05, 0.1) is 0 Å². The number of rotatable bonds is 5. The van der Waals surface area contributed by atoms with Crippen LogP contribution in [-0.2, 0) is 0 Å². The molecule has 1 aromatic rings. The highest BCUT2D eigenvalue weighted by Gasteiger charge is 2.12. The Morgan fingerprint density at radius 2 is 2.12 bits per heavy atom. The van der Waals surface area contributed by atoms with Gasteiger partial charge in [-0.25, -0.2) is 4.39 Å². The number of ketones is 1. The Balaban J connectivity index is 2.86. The van der Waals surface area contributed by atoms with Crippen LogP contribution in [0.15, 0.2) is 18.2 Å². The van der Waals surface area contributed by atoms with Gasteiger partial charge in [0.1, 0.15) is 0 Å². The van der Waals surface area contributed by atoms with Crippen molar-refractivity contribution in [2.75, 3.05) is 5.33 Å². The maximum absolute atomic E-state index is 13.2. The molecule has 0 heterocycles. The molecule has 0 bridgehead atoms. The van der Waals surface area contributed by atoms with Crippen LogP contribution in [0.3, 0.4) is 0 Å². The summed E-state index contributed by atoms with van der Waals surface area (Å²) in [5.74, 6) is -1.80. The molecule has 88 valence electrons. The second-order valence-corrected chi connectivity index (χ2v) is 3.68. The summed E-state index contributed by atoms with van der Waals surface area (Å²) in [7, 11) is 0. The number of carbonyl (C=O) groups excluding carboxylic acids is 1. The number of hydrogen-bond acceptors (Lipinski definition) is 2. The first kappa shape index (κ1) is 13.0. The van der Waals surface area contributed by atoms with E-state index in [0.29, 0.717) is 5.33 Å². The molecule has 0 spiro atoms. The fourth-order valence-corrected chi connectivity index (χ4v) is 1.46. The molecule has 2 nitrogen and oxygen atoms in total. The van der Waals surface area contributed by atoms with Crippen molar-refractivity contribution in [2.24, 2.45) is 0 Å². The molecule has 0 saturated heterocycles. The van der Waals surface area contributed by atoms with E-state index < -0.39 is 18.2 Å². The second-order valence-electron chi connectivity index (χ2n) is 2.89. The first-order valence-corrected chi connectivity index (χ1v) is 5.50. The van der Waals surface area contributed by atoms with Gasteiger partial charge in [0.25, 0.3) is 0 Å². The largest absolute Gasteiger partial charge is 0.432 e. The Morgan fingerprint density at radius 1 is 1.44 bits per heavy atom. The summed E-state index contributed by atoms with van der Waals surface area (Å²) in [5.41, 5.74) is 0.138. The van der Waals surface area contributed by atoms with Crippen LogP contribution in [0, 0.1) is 5.82 Å². The zero-order valence-corrected chi connectivity index (χ0v) is 9.64. The Bertz CT molecular complexity index is 382. The van der Waals surface area contributed by atoms with Crippen molar-refractivity contribution >= 4 is 21.7 Å². The first-order chi connectivity index (χ1) is 7.54. The molecule has 0 aromatic heterocycles. The minimum Gasteiger partial charge on any atom is -0.432 e. The van der Waals surface area contributed by atoms with Crippen molar-refractivity contribution in [1.29, 1.82) is 0 Å². The summed E-state index contributed by atoms with van der Waals surface area (Å²) < 4.78 is 40.7. The summed E-state index contributed by atoms with van der Waals surface area (Å²) in [6.45, 7) is -3.08. The van der Waals surface area contributed by atoms with E-state index in [9.17, 15) is 18.0 Å². The van der Waals surface area contributed by atoms with Gasteiger partial charge in [-0.05, 0) is 18.2 Å². The van der Waals surface area contributed by atoms with Gasteiger partial charge in [0.2, 0.25) is 0 Å². The van der Waals surface area contributed by atoms with Crippen LogP contribution in [0.1, 0.15) is 16.8 Å². The van der Waals surface area contributed by atoms with Gasteiger partial charge < -0.3 is 4.74 Å². The van der Waals surface area contributed by atoms with Crippen molar-refractivity contribution in [3.8, 4) is 5.75 Å². The fourth-order valence-electron chi connectivity index (χ4n) is 1.10. The number of benzene rings is 1. The van der Waals surface area contributed by atoms with Crippen LogP contribution in [0.25, 0.3) is 0 Å². The van der Waals surface area contributed by atoms with E-state index in [1.54, 1.807) is 0 Å². The molecule has 0 atom stereocenters. The highest BCUT2D eigenvalue weighted by molar-refractivity contribution is 9.09. The van der Waals surface area contributed by atoms with Crippen molar-refractivity contribution in [3.05, 3.63) is 29.6 Å². The predicted octanol–water partition coefficient (Wildman–Crippen LogP) is 3.39. The monoisotopic (exact) mass is 296 g/mol. The van der Waals surface area contributed by atoms with Gasteiger partial charge in [-0.2, -0.15) is 8.78 Å². The molecule has 0 aliphatic rings. The molecular weight excluding hydrogens is 289 g/mol. The minimum atomic E-state index is -3.08. The van der Waals surface area contributed by atoms with E-state index in [1.165, 1.54) is 6.07 Å². The summed E-state index contributed by atoms with van der Waals surface area (Å²) >= 11 is 3.07. The van der Waals surface area contributed by atoms with Gasteiger partial charge in [0.15, 0.2) is 17.3 Å². The van der Waals surface area contributed by atoms with Crippen LogP contribution in [0.5, 0.6) is 5.75 Å². The summed E-state index contributed by atoms with van der Waals surface area (Å²) in [5, 5.41) is 0.461. The normalized spacial score (nSPS) is 10.6. The SMILES string of the molecule is O=C(CCBr)c1ccc(OC(F)F)c(F)c1. The van der Waals surface area contributed by atoms with Crippen LogP contribution in [-0.4, -0.2) is 17.7 Å². The Morgan fingerprint density at radius 3 is 2.62 bits per heavy atom. The standard InChI is InChI=1S/C10H8BrF3O2/c11-4-3-8(15)6-1-2-9(7(12)5-6)16-10(13)14/h1-2,5,10H,3-4H2. The quantitative estimate of drug-likeness (QED) is 0.615. The van der Waals surface area contributed by atoms with Crippen LogP contribution in [0.2, 0.25) is 0 Å². The second kappa shape index (κ2) is 5.89. The molecule has 0 unspecified atom stereocenters. The number of hydrogen-bond donors (Lipinski definition) is 0. The van der Waals surface area contributed by atoms with Crippen molar-refractivity contribution in [1.82, 2.24) is 0 Å². The van der Waals surface area contributed by atoms with E-state index in [0.717, 1.165) is 12.1 Å². The lowest BCUT2D eigenvalue weighted by atomic mass is 10.1. The molecular formula is C10H8BrF3O2. The van der Waals surface area contributed by atoms with Crippen molar-refractivity contribution in [2.45, 2.75) is 13.0 Å². The maximum Gasteiger partial charge on any atom is 0.387 e. The molecule has 1 rings (SSSR count). The van der Waals surface area contributed by atoms with Gasteiger partial charge in [-0.3, -0.25) is 4.79 Å². The maximum atomic E-state index is 13.2. The minimum absolute atomic E-state index is 0.138. The topological polar surface area (TPSA) is 26.3 Å². The van der Waals surface area contributed by atoms with Gasteiger partial charge in [-0.1, -0.05) is 15.9 Å². The van der Waals surface area contributed by atoms with E-state index in [4.69, 9.17) is 0 Å². The molecule has 6 heteroatoms. The number of halogens is 4. The molecule has 0 N–H and O–H groups in total. The molecule has 0 aliphatic carbocycles. The Labute approximate surface area is 98.5 Å². The van der Waals surface area contributed by atoms with Crippen molar-refractivity contribution < 1.29 is 22.7 Å². The molecule has 1 aromatic carbocycles. The van der Waals surface area contributed by atoms with Gasteiger partial charge >= 0.3 is 6.61 Å². The summed E-state index contributed by atoms with van der Waals surface area (Å²) in [6, 6.07) is 3.16. The average molecular weight is 297 g/mol. The number of ether oxygens (including phenoxy) is 1. The molecule has 16 heavy (non-hydrogen) atoms. The summed E-state index contributed by atoms with van der Waals surface area (Å²) in [4.78, 5) is 11.3. The van der Waals surface area contributed by atoms with E-state index in [1.807, 2.05) is 0 Å². The average Bonchev–Trinajstić information content (AvgIpc) is 2.20. The molecule has 0 aliphatic heterocycles. The Hall–Kier alpha value is -1.04. The molecule has 0 radical (unpaired) electrons.